The summed E-state index contributed by atoms with van der Waals surface area (Å²) < 4.78 is 6.92. The highest BCUT2D eigenvalue weighted by atomic mass is 16.5. The largest absolute Gasteiger partial charge is 0.492 e. The minimum absolute atomic E-state index is 0.587. The number of imidazole rings is 1. The summed E-state index contributed by atoms with van der Waals surface area (Å²) in [4.78, 5) is 4.04. The normalized spacial score (nSPS) is 14.7. The molecule has 0 saturated heterocycles. The fourth-order valence-electron chi connectivity index (χ4n) is 0.823. The second kappa shape index (κ2) is 1.62. The summed E-state index contributed by atoms with van der Waals surface area (Å²) in [6, 6.07) is 0. The van der Waals surface area contributed by atoms with E-state index in [9.17, 15) is 0 Å². The van der Waals surface area contributed by atoms with Crippen molar-refractivity contribution < 1.29 is 4.74 Å². The van der Waals surface area contributed by atoms with Crippen LogP contribution < -0.4 is 0 Å². The number of hydrogen-bond acceptors (Lipinski definition) is 2. The van der Waals surface area contributed by atoms with Crippen molar-refractivity contribution in [3.05, 3.63) is 24.5 Å². The van der Waals surface area contributed by atoms with Gasteiger partial charge < -0.3 is 9.30 Å². The third-order valence-electron chi connectivity index (χ3n) is 1.28. The van der Waals surface area contributed by atoms with Crippen LogP contribution in [0.3, 0.4) is 0 Å². The first-order chi connectivity index (χ1) is 4.47. The van der Waals surface area contributed by atoms with Crippen LogP contribution in [0.15, 0.2) is 18.7 Å². The quantitative estimate of drug-likeness (QED) is 0.510. The second-order valence-electron chi connectivity index (χ2n) is 1.85. The lowest BCUT2D eigenvalue weighted by molar-refractivity contribution is 0.220. The maximum atomic E-state index is 4.99. The van der Waals surface area contributed by atoms with Crippen LogP contribution in [0.25, 0.3) is 6.20 Å². The highest BCUT2D eigenvalue weighted by Gasteiger charge is 2.02. The Bertz CT molecular complexity index is 239. The Balaban J connectivity index is 2.53. The maximum Gasteiger partial charge on any atom is 0.150 e. The van der Waals surface area contributed by atoms with Gasteiger partial charge in [0.05, 0.1) is 0 Å². The van der Waals surface area contributed by atoms with E-state index in [1.165, 1.54) is 0 Å². The molecule has 0 N–H and O–H groups in total. The van der Waals surface area contributed by atoms with Gasteiger partial charge in [0.15, 0.2) is 5.82 Å². The molecule has 3 heteroatoms. The maximum absolute atomic E-state index is 4.99. The van der Waals surface area contributed by atoms with E-state index in [0.29, 0.717) is 6.61 Å². The topological polar surface area (TPSA) is 27.1 Å². The lowest BCUT2D eigenvalue weighted by Crippen LogP contribution is -2.01. The van der Waals surface area contributed by atoms with Gasteiger partial charge in [-0.15, -0.1) is 0 Å². The minimum Gasteiger partial charge on any atom is -0.492 e. The van der Waals surface area contributed by atoms with E-state index in [1.807, 2.05) is 17.0 Å². The molecule has 0 amide bonds. The molecule has 1 aliphatic rings. The lowest BCUT2D eigenvalue weighted by Gasteiger charge is -2.06. The van der Waals surface area contributed by atoms with Crippen LogP contribution in [0.5, 0.6) is 0 Å². The van der Waals surface area contributed by atoms with Crippen molar-refractivity contribution in [1.29, 1.82) is 0 Å². The highest BCUT2D eigenvalue weighted by Crippen LogP contribution is 2.05. The van der Waals surface area contributed by atoms with Crippen LogP contribution in [0.4, 0.5) is 0 Å². The summed E-state index contributed by atoms with van der Waals surface area (Å²) in [5.74, 6) is 0.956. The van der Waals surface area contributed by atoms with Gasteiger partial charge in [-0.1, -0.05) is 0 Å². The molecule has 0 aliphatic carbocycles. The van der Waals surface area contributed by atoms with E-state index in [-0.39, 0.29) is 0 Å². The van der Waals surface area contributed by atoms with Crippen LogP contribution in [-0.2, 0) is 11.3 Å². The zero-order valence-corrected chi connectivity index (χ0v) is 4.82. The molecule has 9 heavy (non-hydrogen) atoms. The standard InChI is InChI=1S/C6H6N2O/c1-2-8-3-4-9-5-6(8)7-1/h1-4H,5H2. The molecule has 0 fully saturated rings. The van der Waals surface area contributed by atoms with Crippen LogP contribution >= 0.6 is 0 Å². The van der Waals surface area contributed by atoms with E-state index >= 15 is 0 Å². The Hall–Kier alpha value is -1.25. The second-order valence-corrected chi connectivity index (χ2v) is 1.85. The molecule has 0 radical (unpaired) electrons. The zero-order valence-electron chi connectivity index (χ0n) is 4.82. The third-order valence-corrected chi connectivity index (χ3v) is 1.28. The molecule has 0 atom stereocenters. The van der Waals surface area contributed by atoms with Crippen LogP contribution in [0, 0.1) is 0 Å². The molecule has 0 saturated carbocycles. The van der Waals surface area contributed by atoms with Crippen molar-refractivity contribution in [2.24, 2.45) is 0 Å². The molecule has 0 bridgehead atoms. The molecular formula is C6H6N2O. The van der Waals surface area contributed by atoms with Crippen molar-refractivity contribution in [2.75, 3.05) is 0 Å². The van der Waals surface area contributed by atoms with Crippen molar-refractivity contribution in [3.63, 3.8) is 0 Å². The van der Waals surface area contributed by atoms with Gasteiger partial charge in [-0.25, -0.2) is 4.98 Å². The molecule has 46 valence electrons. The number of aromatic nitrogens is 2. The summed E-state index contributed by atoms with van der Waals surface area (Å²) in [6.07, 6.45) is 7.16. The smallest absolute Gasteiger partial charge is 0.150 e. The number of nitrogens with zero attached hydrogens (tertiary/aromatic N) is 2. The number of hydrogen-bond donors (Lipinski definition) is 0. The highest BCUT2D eigenvalue weighted by molar-refractivity contribution is 5.24. The summed E-state index contributed by atoms with van der Waals surface area (Å²) in [6.45, 7) is 0.587. The number of ether oxygens (including phenoxy) is 1. The lowest BCUT2D eigenvalue weighted by atomic mass is 10.6. The van der Waals surface area contributed by atoms with Gasteiger partial charge in [-0.2, -0.15) is 0 Å². The molecule has 1 aromatic heterocycles. The third kappa shape index (κ3) is 0.614. The van der Waals surface area contributed by atoms with Crippen molar-refractivity contribution in [2.45, 2.75) is 6.61 Å². The van der Waals surface area contributed by atoms with Crippen LogP contribution in [0.2, 0.25) is 0 Å². The molecule has 0 unspecified atom stereocenters. The van der Waals surface area contributed by atoms with Gasteiger partial charge in [0.1, 0.15) is 12.9 Å². The minimum atomic E-state index is 0.587. The van der Waals surface area contributed by atoms with Gasteiger partial charge >= 0.3 is 0 Å². The summed E-state index contributed by atoms with van der Waals surface area (Å²) >= 11 is 0. The Morgan fingerprint density at radius 1 is 1.67 bits per heavy atom. The van der Waals surface area contributed by atoms with Gasteiger partial charge in [0.2, 0.25) is 0 Å². The van der Waals surface area contributed by atoms with E-state index in [1.54, 1.807) is 12.5 Å². The predicted octanol–water partition coefficient (Wildman–Crippen LogP) is 0.841. The van der Waals surface area contributed by atoms with Gasteiger partial charge in [-0.3, -0.25) is 0 Å². The Labute approximate surface area is 52.6 Å². The van der Waals surface area contributed by atoms with Crippen molar-refractivity contribution in [1.82, 2.24) is 9.55 Å². The van der Waals surface area contributed by atoms with Gasteiger partial charge in [-0.05, 0) is 0 Å². The van der Waals surface area contributed by atoms with E-state index in [4.69, 9.17) is 4.74 Å². The van der Waals surface area contributed by atoms with Crippen molar-refractivity contribution >= 4 is 6.20 Å². The zero-order chi connectivity index (χ0) is 6.10. The fourth-order valence-corrected chi connectivity index (χ4v) is 0.823. The monoisotopic (exact) mass is 122 g/mol. The summed E-state index contributed by atoms with van der Waals surface area (Å²) in [7, 11) is 0. The molecular weight excluding hydrogens is 116 g/mol. The Morgan fingerprint density at radius 3 is 3.56 bits per heavy atom. The first kappa shape index (κ1) is 4.61. The van der Waals surface area contributed by atoms with E-state index in [2.05, 4.69) is 4.98 Å². The Morgan fingerprint density at radius 2 is 2.67 bits per heavy atom. The first-order valence-corrected chi connectivity index (χ1v) is 2.77. The fraction of sp³-hybridized carbons (Fsp3) is 0.167. The first-order valence-electron chi connectivity index (χ1n) is 2.77. The Kier molecular flexibility index (Phi) is 0.828. The predicted molar refractivity (Wildman–Crippen MR) is 32.3 cm³/mol. The van der Waals surface area contributed by atoms with E-state index < -0.39 is 0 Å². The molecule has 3 nitrogen and oxygen atoms in total. The molecule has 0 spiro atoms. The molecule has 0 aromatic carbocycles. The summed E-state index contributed by atoms with van der Waals surface area (Å²) in [5.41, 5.74) is 0. The van der Waals surface area contributed by atoms with Crippen LogP contribution in [0.1, 0.15) is 5.82 Å². The SMILES string of the molecule is C1=Cn2ccnc2CO1. The summed E-state index contributed by atoms with van der Waals surface area (Å²) in [5, 5.41) is 0. The van der Waals surface area contributed by atoms with Crippen LogP contribution in [-0.4, -0.2) is 9.55 Å². The molecule has 1 aliphatic heterocycles. The van der Waals surface area contributed by atoms with Gasteiger partial charge in [0, 0.05) is 18.6 Å². The van der Waals surface area contributed by atoms with Crippen molar-refractivity contribution in [3.8, 4) is 0 Å². The molecule has 1 aromatic rings. The number of rotatable bonds is 0. The van der Waals surface area contributed by atoms with Gasteiger partial charge in [0.25, 0.3) is 0 Å². The average Bonchev–Trinajstić information content (AvgIpc) is 2.33. The molecule has 2 rings (SSSR count). The average molecular weight is 122 g/mol. The van der Waals surface area contributed by atoms with E-state index in [0.717, 1.165) is 5.82 Å². The molecule has 2 heterocycles. The number of fused-ring (bicyclic) bond motifs is 1.